The third kappa shape index (κ3) is 16.9. The third-order valence-corrected chi connectivity index (χ3v) is 16.0. The van der Waals surface area contributed by atoms with Gasteiger partial charge in [0.25, 0.3) is 11.7 Å². The van der Waals surface area contributed by atoms with Gasteiger partial charge in [0.15, 0.2) is 5.78 Å². The molecule has 0 aromatic heterocycles. The summed E-state index contributed by atoms with van der Waals surface area (Å²) in [5, 5.41) is 55.0. The quantitative estimate of drug-likeness (QED) is 0.0935. The van der Waals surface area contributed by atoms with Gasteiger partial charge in [0.1, 0.15) is 41.8 Å². The largest absolute Gasteiger partial charge is 0.460 e. The van der Waals surface area contributed by atoms with Crippen molar-refractivity contribution in [3.8, 4) is 0 Å². The minimum atomic E-state index is -2.48. The van der Waals surface area contributed by atoms with Crippen LogP contribution in [0.3, 0.4) is 0 Å². The zero-order chi connectivity index (χ0) is 55.8. The number of ketones is 3. The number of hydrogen-bond donors (Lipinski definition) is 6. The molecule has 3 aliphatic heterocycles. The lowest BCUT2D eigenvalue weighted by Gasteiger charge is -2.42. The van der Waals surface area contributed by atoms with Gasteiger partial charge in [0.2, 0.25) is 5.79 Å². The molecule has 0 unspecified atom stereocenters. The second-order valence-corrected chi connectivity index (χ2v) is 21.8. The van der Waals surface area contributed by atoms with Crippen LogP contribution in [0.2, 0.25) is 0 Å². The Hall–Kier alpha value is -4.18. The Morgan fingerprint density at radius 2 is 1.55 bits per heavy atom. The summed E-state index contributed by atoms with van der Waals surface area (Å²) in [5.74, 6) is -8.82. The van der Waals surface area contributed by atoms with E-state index in [1.165, 1.54) is 14.2 Å². The molecule has 2 amide bonds. The summed E-state index contributed by atoms with van der Waals surface area (Å²) in [6, 6.07) is -1.22. The first-order valence-electron chi connectivity index (χ1n) is 26.8. The Bertz CT molecular complexity index is 2040. The van der Waals surface area contributed by atoms with Crippen LogP contribution in [0.4, 0.5) is 4.79 Å². The summed E-state index contributed by atoms with van der Waals surface area (Å²) in [4.78, 5) is 85.3. The molecule has 4 rings (SSSR count). The number of methoxy groups -OCH3 is 3. The van der Waals surface area contributed by atoms with Crippen molar-refractivity contribution < 1.29 is 82.7 Å². The number of aliphatic hydroxyl groups excluding tert-OH is 4. The first-order valence-corrected chi connectivity index (χ1v) is 26.8. The number of fused-ring (bicyclic) bond motifs is 3. The van der Waals surface area contributed by atoms with E-state index in [1.54, 1.807) is 40.9 Å². The SMILES string of the molecule is CO[C@H]1C[C@@H]2CC[C@@H](C)[C@@](O)(O2)C(=O)C(=O)N2CCCC[C@H]2C(=O)O[C@H]([C@H](C)C[C@@H]2CC[C@@H](OC(=O)NC(CO)(CO)CO)[C@H](OC)C2)CC(=O)[C@H](C)/C=C(\C)[C@@H](O)[C@@H](OC)C(=O)[C@H](C)C[C@H](C)\C=C/C=C/C=C/1C. The van der Waals surface area contributed by atoms with E-state index in [4.69, 9.17) is 28.4 Å². The lowest BCUT2D eigenvalue weighted by atomic mass is 9.78. The van der Waals surface area contributed by atoms with E-state index in [9.17, 15) is 54.3 Å². The van der Waals surface area contributed by atoms with Crippen LogP contribution in [-0.4, -0.2) is 174 Å². The average molecular weight is 1060 g/mol. The Kier molecular flexibility index (Phi) is 24.9. The van der Waals surface area contributed by atoms with Crippen molar-refractivity contribution in [2.45, 2.75) is 186 Å². The molecule has 0 radical (unpaired) electrons. The van der Waals surface area contributed by atoms with Crippen molar-refractivity contribution in [2.24, 2.45) is 35.5 Å². The fourth-order valence-corrected chi connectivity index (χ4v) is 10.9. The van der Waals surface area contributed by atoms with E-state index in [1.807, 2.05) is 51.2 Å². The number of ether oxygens (including phenoxy) is 6. The highest BCUT2D eigenvalue weighted by Gasteiger charge is 2.53. The minimum absolute atomic E-state index is 0.0152. The highest BCUT2D eigenvalue weighted by Crippen LogP contribution is 2.38. The number of aliphatic hydroxyl groups is 5. The van der Waals surface area contributed by atoms with Crippen molar-refractivity contribution in [3.63, 3.8) is 0 Å². The highest BCUT2D eigenvalue weighted by atomic mass is 16.6. The maximum atomic E-state index is 14.6. The molecule has 6 N–H and O–H groups in total. The maximum Gasteiger partial charge on any atom is 0.408 e. The van der Waals surface area contributed by atoms with Crippen LogP contribution in [-0.2, 0) is 52.4 Å². The number of piperidine rings is 1. The number of Topliss-reactive ketones (excluding diaryl/α,β-unsaturated/α-hetero) is 3. The number of cyclic esters (lactones) is 1. The van der Waals surface area contributed by atoms with Gasteiger partial charge in [0, 0.05) is 58.5 Å². The number of allylic oxidation sites excluding steroid dienone is 6. The number of rotatable bonds is 11. The summed E-state index contributed by atoms with van der Waals surface area (Å²) >= 11 is 0. The number of alkyl carbamates (subject to hydrolysis) is 1. The molecule has 3 heterocycles. The molecule has 0 spiro atoms. The van der Waals surface area contributed by atoms with E-state index < -0.39 is 127 Å². The van der Waals surface area contributed by atoms with Crippen LogP contribution >= 0.6 is 0 Å². The fourth-order valence-electron chi connectivity index (χ4n) is 10.9. The Morgan fingerprint density at radius 1 is 0.853 bits per heavy atom. The van der Waals surface area contributed by atoms with E-state index >= 15 is 0 Å². The number of nitrogens with zero attached hydrogens (tertiary/aromatic N) is 1. The molecule has 1 aliphatic carbocycles. The predicted molar refractivity (Wildman–Crippen MR) is 277 cm³/mol. The van der Waals surface area contributed by atoms with Crippen molar-refractivity contribution in [1.82, 2.24) is 10.2 Å². The zero-order valence-corrected chi connectivity index (χ0v) is 45.9. The molecule has 3 fully saturated rings. The van der Waals surface area contributed by atoms with Crippen molar-refractivity contribution >= 4 is 35.3 Å². The maximum absolute atomic E-state index is 14.6. The Labute approximate surface area is 443 Å². The lowest BCUT2D eigenvalue weighted by molar-refractivity contribution is -0.265. The highest BCUT2D eigenvalue weighted by molar-refractivity contribution is 6.39. The van der Waals surface area contributed by atoms with E-state index in [0.29, 0.717) is 63.4 Å². The number of esters is 1. The number of carbonyl (C=O) groups excluding carboxylic acids is 6. The van der Waals surface area contributed by atoms with Gasteiger partial charge in [-0.2, -0.15) is 0 Å². The van der Waals surface area contributed by atoms with E-state index in [2.05, 4.69) is 5.32 Å². The predicted octanol–water partition coefficient (Wildman–Crippen LogP) is 4.63. The Morgan fingerprint density at radius 3 is 2.19 bits per heavy atom. The fraction of sp³-hybridized carbons (Fsp3) is 0.750. The van der Waals surface area contributed by atoms with Crippen molar-refractivity contribution in [1.29, 1.82) is 0 Å². The first kappa shape index (κ1) is 63.4. The van der Waals surface area contributed by atoms with Gasteiger partial charge >= 0.3 is 12.1 Å². The zero-order valence-electron chi connectivity index (χ0n) is 45.9. The number of carbonyl (C=O) groups is 6. The van der Waals surface area contributed by atoms with Gasteiger partial charge in [-0.25, -0.2) is 9.59 Å². The van der Waals surface area contributed by atoms with Gasteiger partial charge in [-0.15, -0.1) is 0 Å². The number of amides is 2. The third-order valence-electron chi connectivity index (χ3n) is 16.0. The molecule has 15 atom stereocenters. The number of nitrogens with one attached hydrogen (secondary N) is 1. The smallest absolute Gasteiger partial charge is 0.408 e. The van der Waals surface area contributed by atoms with Crippen molar-refractivity contribution in [3.05, 3.63) is 47.6 Å². The van der Waals surface area contributed by atoms with Crippen LogP contribution in [0.25, 0.3) is 0 Å². The molecule has 2 bridgehead atoms. The molecule has 19 nitrogen and oxygen atoms in total. The van der Waals surface area contributed by atoms with Gasteiger partial charge in [-0.1, -0.05) is 71.1 Å². The van der Waals surface area contributed by atoms with Crippen molar-refractivity contribution in [2.75, 3.05) is 47.7 Å². The van der Waals surface area contributed by atoms with Crippen LogP contribution in [0.5, 0.6) is 0 Å². The summed E-state index contributed by atoms with van der Waals surface area (Å²) in [6.07, 6.45) is 8.29. The first-order chi connectivity index (χ1) is 35.5. The molecular weight excluding hydrogens is 973 g/mol. The summed E-state index contributed by atoms with van der Waals surface area (Å²) in [7, 11) is 4.38. The average Bonchev–Trinajstić information content (AvgIpc) is 3.39. The summed E-state index contributed by atoms with van der Waals surface area (Å²) in [6.45, 7) is 10.3. The van der Waals surface area contributed by atoms with Crippen LogP contribution in [0.15, 0.2) is 47.6 Å². The monoisotopic (exact) mass is 1060 g/mol. The summed E-state index contributed by atoms with van der Waals surface area (Å²) in [5.41, 5.74) is -0.502. The lowest BCUT2D eigenvalue weighted by Crippen LogP contribution is -2.61. The molecular formula is C56H88N2O17. The molecule has 19 heteroatoms. The topological polar surface area (TPSA) is 274 Å². The molecule has 2 saturated heterocycles. The molecule has 4 aliphatic rings. The molecule has 0 aromatic rings. The standard InChI is InChI=1S/C56H88N2O17/c1-33-16-12-11-13-17-34(2)45(70-8)28-41-21-19-39(7)56(69,75-41)51(65)52(66)58-23-15-14-18-42(58)53(67)73-46(29-43(62)35(3)25-38(6)49(64)50(72-10)48(63)37(5)24-33)36(4)26-40-20-22-44(47(27-40)71-9)74-54(68)57-55(30-59,31-60)32-61/h11-13,16-17,25,33,35-37,39-42,44-47,49-50,59-61,64,69H,14-15,18-24,26-32H2,1-10H3,(H,57,68)/b13-11+,16-12-,34-17+,38-25+/t33-,35-,36-,37-,39-,40+,41+,42+,44-,45+,46+,47-,49-,50+,56-/m1/s1. The van der Waals surface area contributed by atoms with Crippen LogP contribution < -0.4 is 5.32 Å². The van der Waals surface area contributed by atoms with E-state index in [-0.39, 0.29) is 49.2 Å². The summed E-state index contributed by atoms with van der Waals surface area (Å²) < 4.78 is 35.3. The molecule has 0 aromatic carbocycles. The van der Waals surface area contributed by atoms with Crippen LogP contribution in [0.1, 0.15) is 126 Å². The Balaban J connectivity index is 1.68. The van der Waals surface area contributed by atoms with Gasteiger partial charge in [0.05, 0.1) is 38.1 Å². The van der Waals surface area contributed by atoms with Gasteiger partial charge < -0.3 is 64.2 Å². The molecule has 1 saturated carbocycles. The number of hydrogen-bond acceptors (Lipinski definition) is 17. The normalized spacial score (nSPS) is 36.7. The van der Waals surface area contributed by atoms with Crippen LogP contribution in [0, 0.1) is 35.5 Å². The molecule has 424 valence electrons. The van der Waals surface area contributed by atoms with Gasteiger partial charge in [-0.05, 0) is 107 Å². The van der Waals surface area contributed by atoms with E-state index in [0.717, 1.165) is 10.5 Å². The molecule has 75 heavy (non-hydrogen) atoms. The second-order valence-electron chi connectivity index (χ2n) is 21.8. The minimum Gasteiger partial charge on any atom is -0.460 e. The second kappa shape index (κ2) is 29.5. The van der Waals surface area contributed by atoms with Gasteiger partial charge in [-0.3, -0.25) is 19.2 Å².